The van der Waals surface area contributed by atoms with Crippen LogP contribution in [0, 0.1) is 17.0 Å². The Morgan fingerprint density at radius 2 is 2.37 bits per heavy atom. The summed E-state index contributed by atoms with van der Waals surface area (Å²) in [4.78, 5) is 27.2. The maximum atomic E-state index is 11.1. The summed E-state index contributed by atoms with van der Waals surface area (Å²) in [6.07, 6.45) is 1.70. The Kier molecular flexibility index (Phi) is 3.11. The Morgan fingerprint density at radius 1 is 1.68 bits per heavy atom. The Morgan fingerprint density at radius 3 is 2.89 bits per heavy atom. The van der Waals surface area contributed by atoms with Crippen LogP contribution in [0.15, 0.2) is 12.3 Å². The molecule has 0 amide bonds. The van der Waals surface area contributed by atoms with Gasteiger partial charge in [-0.15, -0.1) is 0 Å². The molecule has 1 unspecified atom stereocenters. The Labute approximate surface area is 109 Å². The van der Waals surface area contributed by atoms with Gasteiger partial charge in [0.2, 0.25) is 5.82 Å². The van der Waals surface area contributed by atoms with Crippen LogP contribution in [0.1, 0.15) is 12.0 Å². The van der Waals surface area contributed by atoms with Crippen molar-refractivity contribution in [2.24, 2.45) is 5.73 Å². The maximum Gasteiger partial charge on any atom is 0.325 e. The van der Waals surface area contributed by atoms with E-state index in [0.29, 0.717) is 12.1 Å². The van der Waals surface area contributed by atoms with Crippen molar-refractivity contribution in [2.45, 2.75) is 18.9 Å². The summed E-state index contributed by atoms with van der Waals surface area (Å²) in [5.41, 5.74) is 4.77. The van der Waals surface area contributed by atoms with E-state index in [-0.39, 0.29) is 24.5 Å². The van der Waals surface area contributed by atoms with Crippen LogP contribution < -0.4 is 10.6 Å². The zero-order valence-electron chi connectivity index (χ0n) is 10.4. The van der Waals surface area contributed by atoms with Gasteiger partial charge in [-0.05, 0) is 19.4 Å². The summed E-state index contributed by atoms with van der Waals surface area (Å²) >= 11 is 0. The maximum absolute atomic E-state index is 11.1. The number of aryl methyl sites for hydroxylation is 1. The number of nitro groups is 1. The van der Waals surface area contributed by atoms with Gasteiger partial charge in [0.1, 0.15) is 5.54 Å². The number of carboxylic acid groups (broad SMARTS) is 1. The molecule has 0 radical (unpaired) electrons. The van der Waals surface area contributed by atoms with E-state index in [0.717, 1.165) is 0 Å². The molecule has 8 nitrogen and oxygen atoms in total. The molecule has 0 aliphatic carbocycles. The van der Waals surface area contributed by atoms with Crippen LogP contribution in [0.4, 0.5) is 11.5 Å². The summed E-state index contributed by atoms with van der Waals surface area (Å²) in [7, 11) is 0. The molecule has 1 atom stereocenters. The first kappa shape index (κ1) is 13.2. The standard InChI is InChI=1S/C11H14N4O4/c1-7-2-4-13-9(8(7)15(18)19)14-5-3-11(12,6-14)10(16)17/h2,4H,3,5-6,12H2,1H3,(H,16,17). The molecule has 0 bridgehead atoms. The monoisotopic (exact) mass is 266 g/mol. The molecule has 8 heteroatoms. The number of aliphatic carboxylic acids is 1. The third kappa shape index (κ3) is 2.22. The number of rotatable bonds is 3. The lowest BCUT2D eigenvalue weighted by atomic mass is 10.0. The van der Waals surface area contributed by atoms with E-state index in [9.17, 15) is 14.9 Å². The van der Waals surface area contributed by atoms with Gasteiger partial charge >= 0.3 is 11.7 Å². The van der Waals surface area contributed by atoms with Crippen molar-refractivity contribution in [3.05, 3.63) is 27.9 Å². The van der Waals surface area contributed by atoms with E-state index < -0.39 is 16.4 Å². The van der Waals surface area contributed by atoms with Crippen LogP contribution in [0.3, 0.4) is 0 Å². The van der Waals surface area contributed by atoms with E-state index in [1.54, 1.807) is 17.9 Å². The molecular formula is C11H14N4O4. The highest BCUT2D eigenvalue weighted by atomic mass is 16.6. The first-order chi connectivity index (χ1) is 8.85. The number of carboxylic acids is 1. The van der Waals surface area contributed by atoms with Gasteiger partial charge in [0, 0.05) is 24.8 Å². The number of hydrogen-bond acceptors (Lipinski definition) is 6. The molecular weight excluding hydrogens is 252 g/mol. The second-order valence-corrected chi connectivity index (χ2v) is 4.69. The fraction of sp³-hybridized carbons (Fsp3) is 0.455. The van der Waals surface area contributed by atoms with E-state index in [2.05, 4.69) is 4.98 Å². The third-order valence-corrected chi connectivity index (χ3v) is 3.32. The lowest BCUT2D eigenvalue weighted by Crippen LogP contribution is -2.50. The number of hydrogen-bond donors (Lipinski definition) is 2. The molecule has 1 aliphatic heterocycles. The smallest absolute Gasteiger partial charge is 0.325 e. The highest BCUT2D eigenvalue weighted by molar-refractivity contribution is 5.81. The summed E-state index contributed by atoms with van der Waals surface area (Å²) in [5.74, 6) is -0.927. The van der Waals surface area contributed by atoms with E-state index in [1.165, 1.54) is 6.20 Å². The number of nitrogens with two attached hydrogens (primary N) is 1. The fourth-order valence-corrected chi connectivity index (χ4v) is 2.18. The predicted molar refractivity (Wildman–Crippen MR) is 67.0 cm³/mol. The van der Waals surface area contributed by atoms with Crippen LogP contribution in [0.2, 0.25) is 0 Å². The molecule has 1 aliphatic rings. The van der Waals surface area contributed by atoms with Gasteiger partial charge in [-0.25, -0.2) is 4.98 Å². The van der Waals surface area contributed by atoms with Crippen LogP contribution in [-0.4, -0.2) is 39.6 Å². The molecule has 3 N–H and O–H groups in total. The van der Waals surface area contributed by atoms with Crippen molar-refractivity contribution >= 4 is 17.5 Å². The van der Waals surface area contributed by atoms with E-state index in [4.69, 9.17) is 10.8 Å². The molecule has 0 spiro atoms. The topological polar surface area (TPSA) is 123 Å². The van der Waals surface area contributed by atoms with Crippen LogP contribution in [-0.2, 0) is 4.79 Å². The summed E-state index contributed by atoms with van der Waals surface area (Å²) in [6.45, 7) is 1.96. The molecule has 1 saturated heterocycles. The van der Waals surface area contributed by atoms with E-state index >= 15 is 0 Å². The number of pyridine rings is 1. The largest absolute Gasteiger partial charge is 0.480 e. The molecule has 1 aromatic heterocycles. The number of carbonyl (C=O) groups is 1. The summed E-state index contributed by atoms with van der Waals surface area (Å²) < 4.78 is 0. The molecule has 1 aromatic rings. The average molecular weight is 266 g/mol. The summed E-state index contributed by atoms with van der Waals surface area (Å²) in [5, 5.41) is 20.2. The van der Waals surface area contributed by atoms with Crippen molar-refractivity contribution in [1.29, 1.82) is 0 Å². The van der Waals surface area contributed by atoms with Gasteiger partial charge in [0.05, 0.1) is 4.92 Å². The first-order valence-electron chi connectivity index (χ1n) is 5.72. The van der Waals surface area contributed by atoms with Crippen molar-refractivity contribution in [3.8, 4) is 0 Å². The Balaban J connectivity index is 2.37. The molecule has 2 rings (SSSR count). The van der Waals surface area contributed by atoms with Crippen LogP contribution in [0.25, 0.3) is 0 Å². The second-order valence-electron chi connectivity index (χ2n) is 4.69. The highest BCUT2D eigenvalue weighted by Crippen LogP contribution is 2.33. The third-order valence-electron chi connectivity index (χ3n) is 3.32. The molecule has 2 heterocycles. The minimum atomic E-state index is -1.38. The van der Waals surface area contributed by atoms with Crippen molar-refractivity contribution in [1.82, 2.24) is 4.98 Å². The Hall–Kier alpha value is -2.22. The number of anilines is 1. The fourth-order valence-electron chi connectivity index (χ4n) is 2.18. The SMILES string of the molecule is Cc1ccnc(N2CCC(N)(C(=O)O)C2)c1[N+](=O)[O-]. The minimum absolute atomic E-state index is 0.0135. The van der Waals surface area contributed by atoms with Gasteiger partial charge in [-0.2, -0.15) is 0 Å². The number of nitrogens with zero attached hydrogens (tertiary/aromatic N) is 3. The molecule has 0 saturated carbocycles. The van der Waals surface area contributed by atoms with Gasteiger partial charge in [-0.3, -0.25) is 14.9 Å². The second kappa shape index (κ2) is 4.47. The molecule has 19 heavy (non-hydrogen) atoms. The minimum Gasteiger partial charge on any atom is -0.480 e. The van der Waals surface area contributed by atoms with E-state index in [1.807, 2.05) is 0 Å². The Bertz CT molecular complexity index is 547. The first-order valence-corrected chi connectivity index (χ1v) is 5.72. The normalized spacial score (nSPS) is 22.5. The summed E-state index contributed by atoms with van der Waals surface area (Å²) in [6, 6.07) is 1.55. The quantitative estimate of drug-likeness (QED) is 0.595. The predicted octanol–water partition coefficient (Wildman–Crippen LogP) is 0.290. The van der Waals surface area contributed by atoms with Gasteiger partial charge in [0.15, 0.2) is 0 Å². The van der Waals surface area contributed by atoms with Gasteiger partial charge in [0.25, 0.3) is 0 Å². The van der Waals surface area contributed by atoms with Crippen LogP contribution in [0.5, 0.6) is 0 Å². The van der Waals surface area contributed by atoms with Gasteiger partial charge in [-0.1, -0.05) is 0 Å². The van der Waals surface area contributed by atoms with Crippen molar-refractivity contribution in [2.75, 3.05) is 18.0 Å². The highest BCUT2D eigenvalue weighted by Gasteiger charge is 2.43. The molecule has 102 valence electrons. The van der Waals surface area contributed by atoms with Crippen LogP contribution >= 0.6 is 0 Å². The lowest BCUT2D eigenvalue weighted by molar-refractivity contribution is -0.384. The van der Waals surface area contributed by atoms with Gasteiger partial charge < -0.3 is 15.7 Å². The van der Waals surface area contributed by atoms with Crippen molar-refractivity contribution in [3.63, 3.8) is 0 Å². The zero-order valence-corrected chi connectivity index (χ0v) is 10.4. The zero-order chi connectivity index (χ0) is 14.2. The molecule has 1 fully saturated rings. The lowest BCUT2D eigenvalue weighted by Gasteiger charge is -2.20. The number of aromatic nitrogens is 1. The average Bonchev–Trinajstić information content (AvgIpc) is 2.72. The molecule has 0 aromatic carbocycles. The van der Waals surface area contributed by atoms with Crippen molar-refractivity contribution < 1.29 is 14.8 Å².